The van der Waals surface area contributed by atoms with Crippen molar-refractivity contribution in [3.05, 3.63) is 0 Å². The van der Waals surface area contributed by atoms with E-state index in [1.54, 1.807) is 11.7 Å². The Labute approximate surface area is 150 Å². The molecule has 2 saturated heterocycles. The van der Waals surface area contributed by atoms with Crippen LogP contribution in [0.4, 0.5) is 0 Å². The number of tetrazole rings is 1. The normalized spacial score (nSPS) is 21.5. The number of thioether (sulfide) groups is 1. The third kappa shape index (κ3) is 4.69. The third-order valence-corrected chi connectivity index (χ3v) is 5.61. The molecule has 1 atom stereocenters. The first kappa shape index (κ1) is 18.1. The summed E-state index contributed by atoms with van der Waals surface area (Å²) in [7, 11) is 1.78. The molecule has 25 heavy (non-hydrogen) atoms. The van der Waals surface area contributed by atoms with Crippen molar-refractivity contribution in [2.24, 2.45) is 13.0 Å². The van der Waals surface area contributed by atoms with Gasteiger partial charge in [0, 0.05) is 45.0 Å². The van der Waals surface area contributed by atoms with Gasteiger partial charge in [-0.25, -0.2) is 4.68 Å². The first-order chi connectivity index (χ1) is 12.1. The van der Waals surface area contributed by atoms with Gasteiger partial charge in [-0.3, -0.25) is 9.59 Å². The number of carbonyl (C=O) groups excluding carboxylic acids is 2. The predicted molar refractivity (Wildman–Crippen MR) is 90.8 cm³/mol. The van der Waals surface area contributed by atoms with Crippen molar-refractivity contribution in [3.63, 3.8) is 0 Å². The molecule has 1 N–H and O–H groups in total. The lowest BCUT2D eigenvalue weighted by atomic mass is 9.95. The molecule has 9 nitrogen and oxygen atoms in total. The average molecular weight is 368 g/mol. The van der Waals surface area contributed by atoms with E-state index in [9.17, 15) is 9.59 Å². The zero-order chi connectivity index (χ0) is 17.6. The standard InChI is InChI=1S/C15H24N6O3S/c1-20-15(17-18-19-20)25-10-6-16-13(22)11-4-7-21(8-5-11)14(23)12-3-2-9-24-12/h11-12H,2-10H2,1H3,(H,16,22). The van der Waals surface area contributed by atoms with Crippen LogP contribution in [0.25, 0.3) is 0 Å². The first-order valence-corrected chi connectivity index (χ1v) is 9.67. The van der Waals surface area contributed by atoms with Crippen LogP contribution in [0.15, 0.2) is 5.16 Å². The van der Waals surface area contributed by atoms with E-state index >= 15 is 0 Å². The molecule has 0 saturated carbocycles. The molecule has 2 amide bonds. The lowest BCUT2D eigenvalue weighted by molar-refractivity contribution is -0.143. The van der Waals surface area contributed by atoms with Crippen molar-refractivity contribution in [2.45, 2.75) is 36.9 Å². The minimum Gasteiger partial charge on any atom is -0.368 e. The summed E-state index contributed by atoms with van der Waals surface area (Å²) in [6.07, 6.45) is 2.93. The van der Waals surface area contributed by atoms with Crippen molar-refractivity contribution in [3.8, 4) is 0 Å². The topological polar surface area (TPSA) is 102 Å². The molecule has 3 rings (SSSR count). The minimum atomic E-state index is -0.266. The maximum absolute atomic E-state index is 12.3. The van der Waals surface area contributed by atoms with Crippen LogP contribution in [0.1, 0.15) is 25.7 Å². The molecular formula is C15H24N6O3S. The Balaban J connectivity index is 1.34. The van der Waals surface area contributed by atoms with Crippen molar-refractivity contribution in [2.75, 3.05) is 32.0 Å². The van der Waals surface area contributed by atoms with Crippen LogP contribution in [0, 0.1) is 5.92 Å². The number of carbonyl (C=O) groups is 2. The molecule has 1 aromatic heterocycles. The fourth-order valence-electron chi connectivity index (χ4n) is 3.14. The van der Waals surface area contributed by atoms with Crippen LogP contribution < -0.4 is 5.32 Å². The van der Waals surface area contributed by atoms with Gasteiger partial charge in [-0.15, -0.1) is 5.10 Å². The summed E-state index contributed by atoms with van der Waals surface area (Å²) in [5.74, 6) is 0.858. The largest absolute Gasteiger partial charge is 0.368 e. The van der Waals surface area contributed by atoms with Crippen LogP contribution in [-0.4, -0.2) is 75.0 Å². The molecule has 2 aliphatic rings. The Hall–Kier alpha value is -1.68. The molecule has 0 aromatic carbocycles. The van der Waals surface area contributed by atoms with E-state index in [1.165, 1.54) is 11.8 Å². The summed E-state index contributed by atoms with van der Waals surface area (Å²) in [6, 6.07) is 0. The Morgan fingerprint density at radius 2 is 2.12 bits per heavy atom. The number of aromatic nitrogens is 4. The summed E-state index contributed by atoms with van der Waals surface area (Å²) < 4.78 is 7.06. The molecule has 0 aliphatic carbocycles. The van der Waals surface area contributed by atoms with Gasteiger partial charge < -0.3 is 15.0 Å². The summed E-state index contributed by atoms with van der Waals surface area (Å²) in [6.45, 7) is 2.52. The van der Waals surface area contributed by atoms with Crippen molar-refractivity contribution in [1.29, 1.82) is 0 Å². The van der Waals surface area contributed by atoms with E-state index in [4.69, 9.17) is 4.74 Å². The van der Waals surface area contributed by atoms with E-state index < -0.39 is 0 Å². The highest BCUT2D eigenvalue weighted by molar-refractivity contribution is 7.99. The molecule has 3 heterocycles. The Bertz CT molecular complexity index is 596. The highest BCUT2D eigenvalue weighted by atomic mass is 32.2. The van der Waals surface area contributed by atoms with E-state index in [1.807, 2.05) is 4.90 Å². The van der Waals surface area contributed by atoms with Crippen LogP contribution in [0.2, 0.25) is 0 Å². The molecule has 10 heteroatoms. The second kappa shape index (κ2) is 8.61. The first-order valence-electron chi connectivity index (χ1n) is 8.68. The number of nitrogens with one attached hydrogen (secondary N) is 1. The Morgan fingerprint density at radius 3 is 2.76 bits per heavy atom. The van der Waals surface area contributed by atoms with Gasteiger partial charge in [0.05, 0.1) is 0 Å². The number of ether oxygens (including phenoxy) is 1. The van der Waals surface area contributed by atoms with Crippen LogP contribution >= 0.6 is 11.8 Å². The average Bonchev–Trinajstić information content (AvgIpc) is 3.30. The zero-order valence-corrected chi connectivity index (χ0v) is 15.2. The van der Waals surface area contributed by atoms with Crippen molar-refractivity contribution >= 4 is 23.6 Å². The molecule has 2 aliphatic heterocycles. The van der Waals surface area contributed by atoms with E-state index in [-0.39, 0.29) is 23.8 Å². The highest BCUT2D eigenvalue weighted by Gasteiger charge is 2.32. The molecule has 1 unspecified atom stereocenters. The number of hydrogen-bond donors (Lipinski definition) is 1. The molecule has 1 aromatic rings. The zero-order valence-electron chi connectivity index (χ0n) is 14.4. The second-order valence-corrected chi connectivity index (χ2v) is 7.39. The SMILES string of the molecule is Cn1nnnc1SCCNC(=O)C1CCN(C(=O)C2CCCO2)CC1. The van der Waals surface area contributed by atoms with Crippen LogP contribution in [0.3, 0.4) is 0 Å². The van der Waals surface area contributed by atoms with Crippen molar-refractivity contribution < 1.29 is 14.3 Å². The molecule has 0 radical (unpaired) electrons. The summed E-state index contributed by atoms with van der Waals surface area (Å²) >= 11 is 1.51. The fraction of sp³-hybridized carbons (Fsp3) is 0.800. The molecule has 0 spiro atoms. The van der Waals surface area contributed by atoms with Crippen LogP contribution in [-0.2, 0) is 21.4 Å². The monoisotopic (exact) mass is 368 g/mol. The molecular weight excluding hydrogens is 344 g/mol. The Morgan fingerprint density at radius 1 is 1.32 bits per heavy atom. The second-order valence-electron chi connectivity index (χ2n) is 6.33. The number of likely N-dealkylation sites (tertiary alicyclic amines) is 1. The number of rotatable bonds is 6. The lowest BCUT2D eigenvalue weighted by Crippen LogP contribution is -2.46. The van der Waals surface area contributed by atoms with Gasteiger partial charge in [0.15, 0.2) is 0 Å². The van der Waals surface area contributed by atoms with Gasteiger partial charge in [-0.05, 0) is 36.1 Å². The van der Waals surface area contributed by atoms with Crippen molar-refractivity contribution in [1.82, 2.24) is 30.4 Å². The van der Waals surface area contributed by atoms with E-state index in [0.717, 1.165) is 23.8 Å². The minimum absolute atomic E-state index is 0.0185. The maximum atomic E-state index is 12.3. The molecule has 2 fully saturated rings. The summed E-state index contributed by atoms with van der Waals surface area (Å²) in [4.78, 5) is 26.4. The van der Waals surface area contributed by atoms with Gasteiger partial charge in [-0.1, -0.05) is 11.8 Å². The van der Waals surface area contributed by atoms with E-state index in [2.05, 4.69) is 20.8 Å². The number of piperidine rings is 1. The molecule has 0 bridgehead atoms. The smallest absolute Gasteiger partial charge is 0.251 e. The summed E-state index contributed by atoms with van der Waals surface area (Å²) in [5.41, 5.74) is 0. The molecule has 138 valence electrons. The maximum Gasteiger partial charge on any atom is 0.251 e. The lowest BCUT2D eigenvalue weighted by Gasteiger charge is -2.32. The van der Waals surface area contributed by atoms with Gasteiger partial charge >= 0.3 is 0 Å². The third-order valence-electron chi connectivity index (χ3n) is 4.60. The number of hydrogen-bond acceptors (Lipinski definition) is 7. The number of aryl methyl sites for hydroxylation is 1. The number of amides is 2. The quantitative estimate of drug-likeness (QED) is 0.550. The Kier molecular flexibility index (Phi) is 6.24. The van der Waals surface area contributed by atoms with Crippen LogP contribution in [0.5, 0.6) is 0 Å². The van der Waals surface area contributed by atoms with Gasteiger partial charge in [0.2, 0.25) is 11.1 Å². The van der Waals surface area contributed by atoms with Gasteiger partial charge in [-0.2, -0.15) is 0 Å². The summed E-state index contributed by atoms with van der Waals surface area (Å²) in [5, 5.41) is 14.9. The fourth-order valence-corrected chi connectivity index (χ4v) is 3.85. The van der Waals surface area contributed by atoms with Gasteiger partial charge in [0.1, 0.15) is 6.10 Å². The highest BCUT2D eigenvalue weighted by Crippen LogP contribution is 2.21. The van der Waals surface area contributed by atoms with Gasteiger partial charge in [0.25, 0.3) is 5.91 Å². The van der Waals surface area contributed by atoms with E-state index in [0.29, 0.717) is 39.1 Å². The predicted octanol–water partition coefficient (Wildman–Crippen LogP) is -0.164. The number of nitrogens with zero attached hydrogens (tertiary/aromatic N) is 5.